The molecule has 5 rings (SSSR count). The molecular weight excluding hydrogens is 262 g/mol. The van der Waals surface area contributed by atoms with Crippen LogP contribution in [0.15, 0.2) is 12.4 Å². The highest BCUT2D eigenvalue weighted by Crippen LogP contribution is 2.68. The van der Waals surface area contributed by atoms with Crippen molar-refractivity contribution in [2.24, 2.45) is 28.4 Å². The van der Waals surface area contributed by atoms with E-state index >= 15 is 0 Å². The third-order valence-electron chi connectivity index (χ3n) is 6.24. The van der Waals surface area contributed by atoms with E-state index in [1.165, 1.54) is 38.5 Å². The van der Waals surface area contributed by atoms with Gasteiger partial charge in [0.1, 0.15) is 5.69 Å². The molecule has 114 valence electrons. The highest BCUT2D eigenvalue weighted by atomic mass is 16.5. The van der Waals surface area contributed by atoms with Crippen molar-refractivity contribution in [3.05, 3.63) is 18.1 Å². The van der Waals surface area contributed by atoms with Crippen LogP contribution in [0.5, 0.6) is 5.88 Å². The Morgan fingerprint density at radius 2 is 1.86 bits per heavy atom. The SMILES string of the molecule is COc1nccnc1C(N)C12CC3CC(CC(C)(C3)C1)C2. The molecule has 4 aliphatic carbocycles. The largest absolute Gasteiger partial charge is 0.480 e. The molecule has 4 saturated carbocycles. The van der Waals surface area contributed by atoms with E-state index in [0.29, 0.717) is 11.3 Å². The molecule has 4 nitrogen and oxygen atoms in total. The minimum absolute atomic E-state index is 0.0497. The number of hydrogen-bond donors (Lipinski definition) is 1. The van der Waals surface area contributed by atoms with E-state index in [1.807, 2.05) is 0 Å². The first-order valence-electron chi connectivity index (χ1n) is 8.14. The fraction of sp³-hybridized carbons (Fsp3) is 0.765. The van der Waals surface area contributed by atoms with Crippen LogP contribution < -0.4 is 10.5 Å². The molecule has 4 bridgehead atoms. The van der Waals surface area contributed by atoms with Crippen molar-refractivity contribution in [3.8, 4) is 5.88 Å². The summed E-state index contributed by atoms with van der Waals surface area (Å²) in [6.45, 7) is 2.47. The van der Waals surface area contributed by atoms with Gasteiger partial charge in [-0.2, -0.15) is 0 Å². The topological polar surface area (TPSA) is 61.0 Å². The van der Waals surface area contributed by atoms with E-state index < -0.39 is 0 Å². The van der Waals surface area contributed by atoms with Crippen LogP contribution in [0.1, 0.15) is 57.2 Å². The number of nitrogens with two attached hydrogens (primary N) is 1. The van der Waals surface area contributed by atoms with Gasteiger partial charge in [-0.3, -0.25) is 4.98 Å². The van der Waals surface area contributed by atoms with Crippen LogP contribution in [0.2, 0.25) is 0 Å². The molecular formula is C17H25N3O. The van der Waals surface area contributed by atoms with Crippen LogP contribution in [0.4, 0.5) is 0 Å². The van der Waals surface area contributed by atoms with Crippen molar-refractivity contribution in [2.75, 3.05) is 7.11 Å². The molecule has 4 fully saturated rings. The summed E-state index contributed by atoms with van der Waals surface area (Å²) in [6.07, 6.45) is 11.4. The second kappa shape index (κ2) is 4.42. The van der Waals surface area contributed by atoms with Crippen molar-refractivity contribution >= 4 is 0 Å². The lowest BCUT2D eigenvalue weighted by Gasteiger charge is -2.62. The highest BCUT2D eigenvalue weighted by molar-refractivity contribution is 5.25. The quantitative estimate of drug-likeness (QED) is 0.928. The normalized spacial score (nSPS) is 42.0. The van der Waals surface area contributed by atoms with Gasteiger partial charge in [0.25, 0.3) is 0 Å². The van der Waals surface area contributed by atoms with Gasteiger partial charge in [-0.15, -0.1) is 0 Å². The molecule has 0 amide bonds. The first kappa shape index (κ1) is 13.5. The van der Waals surface area contributed by atoms with Gasteiger partial charge in [-0.05, 0) is 61.2 Å². The lowest BCUT2D eigenvalue weighted by Crippen LogP contribution is -2.54. The summed E-state index contributed by atoms with van der Waals surface area (Å²) in [5.41, 5.74) is 8.31. The van der Waals surface area contributed by atoms with Gasteiger partial charge in [0.05, 0.1) is 13.2 Å². The molecule has 1 aromatic rings. The Kier molecular flexibility index (Phi) is 2.84. The summed E-state index contributed by atoms with van der Waals surface area (Å²) in [5, 5.41) is 0. The lowest BCUT2D eigenvalue weighted by molar-refractivity contribution is -0.114. The van der Waals surface area contributed by atoms with E-state index in [4.69, 9.17) is 10.5 Å². The number of aromatic nitrogens is 2. The molecule has 1 aromatic heterocycles. The molecule has 0 saturated heterocycles. The number of rotatable bonds is 3. The summed E-state index contributed by atoms with van der Waals surface area (Å²) in [6, 6.07) is -0.0497. The molecule has 4 heteroatoms. The molecule has 0 aromatic carbocycles. The molecule has 0 spiro atoms. The Balaban J connectivity index is 1.72. The molecule has 0 radical (unpaired) electrons. The van der Waals surface area contributed by atoms with Crippen LogP contribution in [0.3, 0.4) is 0 Å². The van der Waals surface area contributed by atoms with Gasteiger partial charge in [-0.1, -0.05) is 6.92 Å². The maximum absolute atomic E-state index is 6.75. The first-order chi connectivity index (χ1) is 10.0. The summed E-state index contributed by atoms with van der Waals surface area (Å²) < 4.78 is 5.40. The summed E-state index contributed by atoms with van der Waals surface area (Å²) in [5.74, 6) is 2.33. The standard InChI is InChI=1S/C17H25N3O/c1-16-6-11-5-12(7-16)9-17(8-11,10-16)14(18)13-15(21-2)20-4-3-19-13/h3-4,11-12,14H,5-10,18H2,1-2H3. The Labute approximate surface area is 126 Å². The summed E-state index contributed by atoms with van der Waals surface area (Å²) in [4.78, 5) is 8.82. The minimum atomic E-state index is -0.0497. The fourth-order valence-electron chi connectivity index (χ4n) is 6.16. The van der Waals surface area contributed by atoms with Crippen LogP contribution in [0.25, 0.3) is 0 Å². The van der Waals surface area contributed by atoms with Gasteiger partial charge in [0, 0.05) is 12.4 Å². The van der Waals surface area contributed by atoms with Gasteiger partial charge in [0.15, 0.2) is 0 Å². The van der Waals surface area contributed by atoms with Crippen molar-refractivity contribution in [1.82, 2.24) is 9.97 Å². The predicted octanol–water partition coefficient (Wildman–Crippen LogP) is 3.09. The predicted molar refractivity (Wildman–Crippen MR) is 80.7 cm³/mol. The number of ether oxygens (including phenoxy) is 1. The van der Waals surface area contributed by atoms with Gasteiger partial charge >= 0.3 is 0 Å². The Morgan fingerprint density at radius 3 is 2.48 bits per heavy atom. The number of hydrogen-bond acceptors (Lipinski definition) is 4. The van der Waals surface area contributed by atoms with Gasteiger partial charge < -0.3 is 10.5 Å². The van der Waals surface area contributed by atoms with Crippen molar-refractivity contribution in [3.63, 3.8) is 0 Å². The zero-order chi connectivity index (χ0) is 14.7. The summed E-state index contributed by atoms with van der Waals surface area (Å²) >= 11 is 0. The Morgan fingerprint density at radius 1 is 1.19 bits per heavy atom. The average Bonchev–Trinajstić information content (AvgIpc) is 2.44. The number of methoxy groups -OCH3 is 1. The van der Waals surface area contributed by atoms with E-state index in [2.05, 4.69) is 16.9 Å². The fourth-order valence-corrected chi connectivity index (χ4v) is 6.16. The van der Waals surface area contributed by atoms with E-state index in [1.54, 1.807) is 19.5 Å². The third kappa shape index (κ3) is 1.99. The maximum Gasteiger partial charge on any atom is 0.237 e. The second-order valence-corrected chi connectivity index (χ2v) is 8.06. The van der Waals surface area contributed by atoms with Crippen LogP contribution in [-0.4, -0.2) is 17.1 Å². The molecule has 4 aliphatic rings. The first-order valence-corrected chi connectivity index (χ1v) is 8.14. The van der Waals surface area contributed by atoms with Crippen LogP contribution in [0, 0.1) is 22.7 Å². The van der Waals surface area contributed by atoms with Crippen molar-refractivity contribution in [2.45, 2.75) is 51.5 Å². The van der Waals surface area contributed by atoms with E-state index in [9.17, 15) is 0 Å². The van der Waals surface area contributed by atoms with Gasteiger partial charge in [0.2, 0.25) is 5.88 Å². The lowest BCUT2D eigenvalue weighted by atomic mass is 9.43. The van der Waals surface area contributed by atoms with Crippen LogP contribution >= 0.6 is 0 Å². The molecule has 2 N–H and O–H groups in total. The zero-order valence-corrected chi connectivity index (χ0v) is 13.0. The smallest absolute Gasteiger partial charge is 0.237 e. The highest BCUT2D eigenvalue weighted by Gasteiger charge is 2.58. The molecule has 3 atom stereocenters. The Hall–Kier alpha value is -1.16. The monoisotopic (exact) mass is 287 g/mol. The van der Waals surface area contributed by atoms with Crippen molar-refractivity contribution < 1.29 is 4.74 Å². The van der Waals surface area contributed by atoms with Crippen molar-refractivity contribution in [1.29, 1.82) is 0 Å². The van der Waals surface area contributed by atoms with E-state index in [0.717, 1.165) is 17.5 Å². The zero-order valence-electron chi connectivity index (χ0n) is 13.0. The minimum Gasteiger partial charge on any atom is -0.480 e. The Bertz CT molecular complexity index is 545. The number of nitrogens with zero attached hydrogens (tertiary/aromatic N) is 2. The summed E-state index contributed by atoms with van der Waals surface area (Å²) in [7, 11) is 1.65. The molecule has 3 unspecified atom stereocenters. The van der Waals surface area contributed by atoms with Crippen LogP contribution in [-0.2, 0) is 0 Å². The molecule has 0 aliphatic heterocycles. The average molecular weight is 287 g/mol. The third-order valence-corrected chi connectivity index (χ3v) is 6.24. The second-order valence-electron chi connectivity index (χ2n) is 8.06. The molecule has 1 heterocycles. The maximum atomic E-state index is 6.75. The van der Waals surface area contributed by atoms with Gasteiger partial charge in [-0.25, -0.2) is 4.98 Å². The van der Waals surface area contributed by atoms with E-state index in [-0.39, 0.29) is 11.5 Å². The molecule has 21 heavy (non-hydrogen) atoms.